The van der Waals surface area contributed by atoms with Gasteiger partial charge in [0.1, 0.15) is 17.4 Å². The third kappa shape index (κ3) is 3.90. The van der Waals surface area contributed by atoms with E-state index in [1.165, 1.54) is 25.3 Å². The van der Waals surface area contributed by atoms with Gasteiger partial charge in [0, 0.05) is 37.5 Å². The fraction of sp³-hybridized carbons (Fsp3) is 0.524. The van der Waals surface area contributed by atoms with Gasteiger partial charge >= 0.3 is 0 Å². The Hall–Kier alpha value is -2.21. The van der Waals surface area contributed by atoms with Crippen LogP contribution in [-0.2, 0) is 19.5 Å². The van der Waals surface area contributed by atoms with E-state index in [2.05, 4.69) is 9.88 Å². The summed E-state index contributed by atoms with van der Waals surface area (Å²) < 4.78 is 19.3. The largest absolute Gasteiger partial charge is 0.497 e. The quantitative estimate of drug-likeness (QED) is 0.893. The van der Waals surface area contributed by atoms with E-state index < -0.39 is 0 Å². The van der Waals surface area contributed by atoms with Crippen molar-refractivity contribution in [2.45, 2.75) is 57.5 Å². The molecule has 6 heteroatoms. The first-order chi connectivity index (χ1) is 13.1. The van der Waals surface area contributed by atoms with E-state index in [0.717, 1.165) is 42.9 Å². The first-order valence-corrected chi connectivity index (χ1v) is 9.81. The van der Waals surface area contributed by atoms with E-state index in [9.17, 15) is 9.18 Å². The second kappa shape index (κ2) is 7.80. The Balaban J connectivity index is 1.52. The van der Waals surface area contributed by atoms with Gasteiger partial charge in [0.15, 0.2) is 0 Å². The Kier molecular flexibility index (Phi) is 5.25. The Morgan fingerprint density at radius 3 is 2.89 bits per heavy atom. The van der Waals surface area contributed by atoms with Gasteiger partial charge in [0.2, 0.25) is 0 Å². The summed E-state index contributed by atoms with van der Waals surface area (Å²) in [5.74, 6) is 1.65. The van der Waals surface area contributed by atoms with Gasteiger partial charge < -0.3 is 9.72 Å². The van der Waals surface area contributed by atoms with Crippen LogP contribution in [-0.4, -0.2) is 28.5 Å². The van der Waals surface area contributed by atoms with Crippen molar-refractivity contribution in [3.8, 4) is 5.75 Å². The van der Waals surface area contributed by atoms with Crippen LogP contribution >= 0.6 is 0 Å². The molecule has 0 atom stereocenters. The second-order valence-electron chi connectivity index (χ2n) is 7.63. The monoisotopic (exact) mass is 371 g/mol. The van der Waals surface area contributed by atoms with Crippen molar-refractivity contribution in [1.29, 1.82) is 0 Å². The average molecular weight is 371 g/mol. The van der Waals surface area contributed by atoms with Crippen molar-refractivity contribution in [3.05, 3.63) is 57.0 Å². The summed E-state index contributed by atoms with van der Waals surface area (Å²) in [5, 5.41) is 0. The number of rotatable bonds is 4. The zero-order valence-electron chi connectivity index (χ0n) is 15.8. The van der Waals surface area contributed by atoms with Crippen LogP contribution in [0.3, 0.4) is 0 Å². The molecular formula is C21H26FN3O2. The summed E-state index contributed by atoms with van der Waals surface area (Å²) in [7, 11) is 1.57. The van der Waals surface area contributed by atoms with Crippen LogP contribution in [0.5, 0.6) is 5.75 Å². The molecule has 1 aliphatic heterocycles. The zero-order chi connectivity index (χ0) is 18.8. The molecule has 144 valence electrons. The predicted molar refractivity (Wildman–Crippen MR) is 101 cm³/mol. The van der Waals surface area contributed by atoms with Gasteiger partial charge in [-0.2, -0.15) is 0 Å². The number of aromatic nitrogens is 2. The summed E-state index contributed by atoms with van der Waals surface area (Å²) >= 11 is 0. The van der Waals surface area contributed by atoms with Crippen LogP contribution in [0.1, 0.15) is 60.7 Å². The van der Waals surface area contributed by atoms with Crippen LogP contribution in [0, 0.1) is 5.82 Å². The highest BCUT2D eigenvalue weighted by Gasteiger charge is 2.25. The van der Waals surface area contributed by atoms with Gasteiger partial charge in [-0.15, -0.1) is 0 Å². The van der Waals surface area contributed by atoms with E-state index in [4.69, 9.17) is 9.72 Å². The number of ether oxygens (including phenoxy) is 1. The number of benzene rings is 1. The molecule has 2 aliphatic rings. The molecule has 2 heterocycles. The lowest BCUT2D eigenvalue weighted by atomic mass is 9.88. The van der Waals surface area contributed by atoms with Crippen molar-refractivity contribution >= 4 is 0 Å². The smallest absolute Gasteiger partial charge is 0.255 e. The predicted octanol–water partition coefficient (Wildman–Crippen LogP) is 3.52. The molecule has 1 N–H and O–H groups in total. The lowest BCUT2D eigenvalue weighted by molar-refractivity contribution is 0.237. The van der Waals surface area contributed by atoms with Crippen molar-refractivity contribution in [2.75, 3.05) is 13.7 Å². The van der Waals surface area contributed by atoms with Gasteiger partial charge in [-0.3, -0.25) is 9.69 Å². The minimum Gasteiger partial charge on any atom is -0.497 e. The van der Waals surface area contributed by atoms with Crippen LogP contribution < -0.4 is 10.3 Å². The molecule has 1 saturated carbocycles. The molecular weight excluding hydrogens is 345 g/mol. The van der Waals surface area contributed by atoms with E-state index in [1.54, 1.807) is 19.2 Å². The molecule has 1 aromatic heterocycles. The summed E-state index contributed by atoms with van der Waals surface area (Å²) in [6, 6.07) is 4.77. The number of fused-ring (bicyclic) bond motifs is 1. The molecule has 1 aromatic carbocycles. The Bertz CT molecular complexity index is 874. The summed E-state index contributed by atoms with van der Waals surface area (Å²) in [5.41, 5.74) is 2.20. The fourth-order valence-corrected chi connectivity index (χ4v) is 4.24. The lowest BCUT2D eigenvalue weighted by Crippen LogP contribution is -2.36. The topological polar surface area (TPSA) is 58.2 Å². The molecule has 0 spiro atoms. The Morgan fingerprint density at radius 2 is 2.11 bits per heavy atom. The number of hydrogen-bond acceptors (Lipinski definition) is 4. The number of H-pyrrole nitrogens is 1. The number of hydrogen-bond donors (Lipinski definition) is 1. The summed E-state index contributed by atoms with van der Waals surface area (Å²) in [4.78, 5) is 22.6. The second-order valence-corrected chi connectivity index (χ2v) is 7.63. The molecule has 2 aromatic rings. The highest BCUT2D eigenvalue weighted by molar-refractivity contribution is 5.30. The standard InChI is InChI=1S/C21H26FN3O2/c1-27-16-7-8-18(22)15(11-16)12-25-10-9-19-17(13-25)21(26)24-20(23-19)14-5-3-2-4-6-14/h7-8,11,14H,2-6,9-10,12-13H2,1H3,(H,23,24,26). The molecule has 27 heavy (non-hydrogen) atoms. The highest BCUT2D eigenvalue weighted by atomic mass is 19.1. The van der Waals surface area contributed by atoms with Crippen LogP contribution in [0.2, 0.25) is 0 Å². The molecule has 4 rings (SSSR count). The van der Waals surface area contributed by atoms with E-state index >= 15 is 0 Å². The van der Waals surface area contributed by atoms with Crippen molar-refractivity contribution in [3.63, 3.8) is 0 Å². The van der Waals surface area contributed by atoms with Crippen molar-refractivity contribution < 1.29 is 9.13 Å². The average Bonchev–Trinajstić information content (AvgIpc) is 2.70. The molecule has 1 fully saturated rings. The summed E-state index contributed by atoms with van der Waals surface area (Å²) in [6.07, 6.45) is 6.66. The first kappa shape index (κ1) is 18.2. The zero-order valence-corrected chi connectivity index (χ0v) is 15.8. The van der Waals surface area contributed by atoms with E-state index in [1.807, 2.05) is 0 Å². The van der Waals surface area contributed by atoms with Gasteiger partial charge in [-0.05, 0) is 31.0 Å². The third-order valence-corrected chi connectivity index (χ3v) is 5.80. The molecule has 1 aliphatic carbocycles. The minimum atomic E-state index is -0.249. The van der Waals surface area contributed by atoms with E-state index in [-0.39, 0.29) is 11.4 Å². The number of nitrogens with one attached hydrogen (secondary N) is 1. The minimum absolute atomic E-state index is 0.0311. The molecule has 0 amide bonds. The SMILES string of the molecule is COc1ccc(F)c(CN2CCc3nc(C4CCCCC4)[nH]c(=O)c3C2)c1. The number of aromatic amines is 1. The summed E-state index contributed by atoms with van der Waals surface area (Å²) in [6.45, 7) is 1.72. The van der Waals surface area contributed by atoms with Crippen molar-refractivity contribution in [1.82, 2.24) is 14.9 Å². The van der Waals surface area contributed by atoms with Crippen molar-refractivity contribution in [2.24, 2.45) is 0 Å². The maximum absolute atomic E-state index is 14.1. The fourth-order valence-electron chi connectivity index (χ4n) is 4.24. The first-order valence-electron chi connectivity index (χ1n) is 9.81. The Morgan fingerprint density at radius 1 is 1.30 bits per heavy atom. The maximum Gasteiger partial charge on any atom is 0.255 e. The number of nitrogens with zero attached hydrogens (tertiary/aromatic N) is 2. The molecule has 5 nitrogen and oxygen atoms in total. The van der Waals surface area contributed by atoms with Gasteiger partial charge in [-0.1, -0.05) is 19.3 Å². The third-order valence-electron chi connectivity index (χ3n) is 5.80. The van der Waals surface area contributed by atoms with Crippen LogP contribution in [0.15, 0.2) is 23.0 Å². The van der Waals surface area contributed by atoms with Gasteiger partial charge in [0.05, 0.1) is 18.4 Å². The number of halogens is 1. The Labute approximate surface area is 158 Å². The normalized spacial score (nSPS) is 18.3. The molecule has 0 radical (unpaired) electrons. The highest BCUT2D eigenvalue weighted by Crippen LogP contribution is 2.31. The molecule has 0 unspecified atom stereocenters. The van der Waals surface area contributed by atoms with Gasteiger partial charge in [0.25, 0.3) is 5.56 Å². The lowest BCUT2D eigenvalue weighted by Gasteiger charge is -2.29. The molecule has 0 bridgehead atoms. The van der Waals surface area contributed by atoms with Crippen LogP contribution in [0.4, 0.5) is 4.39 Å². The van der Waals surface area contributed by atoms with Crippen LogP contribution in [0.25, 0.3) is 0 Å². The van der Waals surface area contributed by atoms with Gasteiger partial charge in [-0.25, -0.2) is 9.37 Å². The number of methoxy groups -OCH3 is 1. The van der Waals surface area contributed by atoms with E-state index in [0.29, 0.717) is 30.3 Å². The molecule has 0 saturated heterocycles. The maximum atomic E-state index is 14.1.